The fraction of sp³-hybridized carbons (Fsp3) is 0.294. The first-order valence-corrected chi connectivity index (χ1v) is 9.10. The van der Waals surface area contributed by atoms with E-state index in [2.05, 4.69) is 16.9 Å². The number of halogens is 2. The quantitative estimate of drug-likeness (QED) is 0.653. The topological polar surface area (TPSA) is 45.8 Å². The molecule has 1 unspecified atom stereocenters. The summed E-state index contributed by atoms with van der Waals surface area (Å²) in [6.07, 6.45) is 3.12. The smallest absolute Gasteiger partial charge is 0.260 e. The van der Waals surface area contributed by atoms with E-state index in [4.69, 9.17) is 23.2 Å². The van der Waals surface area contributed by atoms with Gasteiger partial charge in [-0.05, 0) is 48.9 Å². The third-order valence-electron chi connectivity index (χ3n) is 4.35. The van der Waals surface area contributed by atoms with Crippen molar-refractivity contribution in [1.29, 1.82) is 0 Å². The highest BCUT2D eigenvalue weighted by molar-refractivity contribution is 7.18. The Labute approximate surface area is 147 Å². The molecule has 6 heteroatoms. The molecular weight excluding hydrogens is 351 g/mol. The average Bonchev–Trinajstić information content (AvgIpc) is 2.84. The van der Waals surface area contributed by atoms with Crippen molar-refractivity contribution in [1.82, 2.24) is 9.97 Å². The minimum atomic E-state index is -0.0805. The molecule has 0 saturated carbocycles. The Morgan fingerprint density at radius 3 is 2.96 bits per heavy atom. The normalized spacial score (nSPS) is 17.4. The minimum absolute atomic E-state index is 0.0805. The van der Waals surface area contributed by atoms with Crippen molar-refractivity contribution in [3.05, 3.63) is 49.0 Å². The summed E-state index contributed by atoms with van der Waals surface area (Å²) >= 11 is 13.8. The Hall–Kier alpha value is -1.36. The molecule has 0 bridgehead atoms. The van der Waals surface area contributed by atoms with Gasteiger partial charge < -0.3 is 4.98 Å². The van der Waals surface area contributed by atoms with Gasteiger partial charge in [-0.1, -0.05) is 30.1 Å². The largest absolute Gasteiger partial charge is 0.306 e. The van der Waals surface area contributed by atoms with Crippen LogP contribution in [0.25, 0.3) is 21.6 Å². The van der Waals surface area contributed by atoms with Gasteiger partial charge in [0.15, 0.2) is 0 Å². The van der Waals surface area contributed by atoms with Gasteiger partial charge >= 0.3 is 0 Å². The molecule has 1 aromatic carbocycles. The summed E-state index contributed by atoms with van der Waals surface area (Å²) in [5.74, 6) is 1.16. The van der Waals surface area contributed by atoms with Gasteiger partial charge in [-0.3, -0.25) is 4.79 Å². The van der Waals surface area contributed by atoms with Crippen LogP contribution in [0.3, 0.4) is 0 Å². The molecule has 0 fully saturated rings. The number of aromatic amines is 1. The second-order valence-electron chi connectivity index (χ2n) is 6.07. The molecule has 4 rings (SSSR count). The predicted molar refractivity (Wildman–Crippen MR) is 96.9 cm³/mol. The lowest BCUT2D eigenvalue weighted by Crippen LogP contribution is -2.13. The first kappa shape index (κ1) is 15.2. The third-order valence-corrected chi connectivity index (χ3v) is 6.05. The zero-order valence-corrected chi connectivity index (χ0v) is 14.8. The van der Waals surface area contributed by atoms with Gasteiger partial charge in [0.25, 0.3) is 5.56 Å². The zero-order chi connectivity index (χ0) is 16.1. The molecular formula is C17H14Cl2N2OS. The molecule has 2 heterocycles. The number of thiophene rings is 1. The second-order valence-corrected chi connectivity index (χ2v) is 8.00. The molecule has 3 aromatic rings. The molecule has 1 N–H and O–H groups in total. The maximum absolute atomic E-state index is 12.6. The summed E-state index contributed by atoms with van der Waals surface area (Å²) in [5, 5.41) is 1.79. The number of hydrogen-bond donors (Lipinski definition) is 1. The molecule has 0 radical (unpaired) electrons. The summed E-state index contributed by atoms with van der Waals surface area (Å²) in [6.45, 7) is 2.25. The molecule has 2 aromatic heterocycles. The number of nitrogens with zero attached hydrogens (tertiary/aromatic N) is 1. The van der Waals surface area contributed by atoms with Crippen LogP contribution in [0, 0.1) is 5.92 Å². The Bertz CT molecular complexity index is 977. The van der Waals surface area contributed by atoms with Crippen LogP contribution in [0.4, 0.5) is 0 Å². The summed E-state index contributed by atoms with van der Waals surface area (Å²) in [4.78, 5) is 22.3. The van der Waals surface area contributed by atoms with E-state index in [1.807, 2.05) is 0 Å². The van der Waals surface area contributed by atoms with Crippen molar-refractivity contribution in [3.8, 4) is 11.4 Å². The van der Waals surface area contributed by atoms with Crippen LogP contribution in [0.15, 0.2) is 23.0 Å². The van der Waals surface area contributed by atoms with E-state index in [-0.39, 0.29) is 5.56 Å². The van der Waals surface area contributed by atoms with E-state index in [1.165, 1.54) is 10.4 Å². The van der Waals surface area contributed by atoms with Gasteiger partial charge in [-0.15, -0.1) is 11.3 Å². The Morgan fingerprint density at radius 2 is 2.17 bits per heavy atom. The third kappa shape index (κ3) is 2.59. The molecule has 118 valence electrons. The van der Waals surface area contributed by atoms with Crippen molar-refractivity contribution >= 4 is 44.8 Å². The van der Waals surface area contributed by atoms with Crippen LogP contribution in [-0.2, 0) is 12.8 Å². The monoisotopic (exact) mass is 364 g/mol. The summed E-state index contributed by atoms with van der Waals surface area (Å²) in [7, 11) is 0. The molecule has 1 aliphatic carbocycles. The first-order chi connectivity index (χ1) is 11.0. The van der Waals surface area contributed by atoms with Crippen LogP contribution in [0.1, 0.15) is 23.8 Å². The number of aryl methyl sites for hydroxylation is 1. The van der Waals surface area contributed by atoms with Crippen LogP contribution in [0.2, 0.25) is 10.0 Å². The maximum Gasteiger partial charge on any atom is 0.260 e. The van der Waals surface area contributed by atoms with Gasteiger partial charge in [-0.2, -0.15) is 0 Å². The van der Waals surface area contributed by atoms with Crippen molar-refractivity contribution in [2.24, 2.45) is 5.92 Å². The number of H-pyrrole nitrogens is 1. The SMILES string of the molecule is CC1CCc2c(sc3nc(-c4ccc(Cl)cc4Cl)[nH]c(=O)c23)C1. The molecule has 1 aliphatic rings. The van der Waals surface area contributed by atoms with Crippen LogP contribution >= 0.6 is 34.5 Å². The van der Waals surface area contributed by atoms with E-state index < -0.39 is 0 Å². The van der Waals surface area contributed by atoms with Gasteiger partial charge in [0.2, 0.25) is 0 Å². The van der Waals surface area contributed by atoms with E-state index >= 15 is 0 Å². The first-order valence-electron chi connectivity index (χ1n) is 7.53. The molecule has 0 amide bonds. The van der Waals surface area contributed by atoms with Gasteiger partial charge in [0.1, 0.15) is 10.7 Å². The number of aromatic nitrogens is 2. The molecule has 0 aliphatic heterocycles. The minimum Gasteiger partial charge on any atom is -0.306 e. The summed E-state index contributed by atoms with van der Waals surface area (Å²) < 4.78 is 0. The lowest BCUT2D eigenvalue weighted by Gasteiger charge is -2.17. The van der Waals surface area contributed by atoms with Crippen molar-refractivity contribution in [2.45, 2.75) is 26.2 Å². The van der Waals surface area contributed by atoms with Crippen LogP contribution in [0.5, 0.6) is 0 Å². The van der Waals surface area contributed by atoms with E-state index in [0.29, 0.717) is 27.4 Å². The Balaban J connectivity index is 1.93. The van der Waals surface area contributed by atoms with Crippen LogP contribution in [-0.4, -0.2) is 9.97 Å². The molecule has 23 heavy (non-hydrogen) atoms. The standard InChI is InChI=1S/C17H14Cl2N2OS/c1-8-2-4-11-13(6-8)23-17-14(11)16(22)20-15(21-17)10-5-3-9(18)7-12(10)19/h3,5,7-8H,2,4,6H2,1H3,(H,20,21,22). The number of fused-ring (bicyclic) bond motifs is 3. The molecule has 1 atom stereocenters. The van der Waals surface area contributed by atoms with Gasteiger partial charge in [-0.25, -0.2) is 4.98 Å². The van der Waals surface area contributed by atoms with Gasteiger partial charge in [0.05, 0.1) is 10.4 Å². The maximum atomic E-state index is 12.6. The van der Waals surface area contributed by atoms with Crippen LogP contribution < -0.4 is 5.56 Å². The fourth-order valence-corrected chi connectivity index (χ4v) is 5.04. The van der Waals surface area contributed by atoms with E-state index in [0.717, 1.165) is 29.5 Å². The fourth-order valence-electron chi connectivity index (χ4n) is 3.16. The van der Waals surface area contributed by atoms with E-state index in [1.54, 1.807) is 29.5 Å². The number of benzene rings is 1. The number of hydrogen-bond acceptors (Lipinski definition) is 3. The molecule has 3 nitrogen and oxygen atoms in total. The van der Waals surface area contributed by atoms with Crippen molar-refractivity contribution in [2.75, 3.05) is 0 Å². The number of rotatable bonds is 1. The Morgan fingerprint density at radius 1 is 1.35 bits per heavy atom. The van der Waals surface area contributed by atoms with Gasteiger partial charge in [0, 0.05) is 15.5 Å². The predicted octanol–water partition coefficient (Wildman–Crippen LogP) is 5.08. The van der Waals surface area contributed by atoms with Crippen molar-refractivity contribution < 1.29 is 0 Å². The van der Waals surface area contributed by atoms with E-state index in [9.17, 15) is 4.79 Å². The summed E-state index contributed by atoms with van der Waals surface area (Å²) in [5.41, 5.74) is 1.79. The number of nitrogens with one attached hydrogen (secondary N) is 1. The average molecular weight is 365 g/mol. The zero-order valence-electron chi connectivity index (χ0n) is 12.5. The second kappa shape index (κ2) is 5.62. The molecule has 0 spiro atoms. The lowest BCUT2D eigenvalue weighted by atomic mass is 9.89. The highest BCUT2D eigenvalue weighted by atomic mass is 35.5. The lowest BCUT2D eigenvalue weighted by molar-refractivity contribution is 0.509. The summed E-state index contributed by atoms with van der Waals surface area (Å²) in [6, 6.07) is 5.18. The highest BCUT2D eigenvalue weighted by Gasteiger charge is 2.23. The molecule has 0 saturated heterocycles. The highest BCUT2D eigenvalue weighted by Crippen LogP contribution is 2.36. The Kier molecular flexibility index (Phi) is 3.71. The van der Waals surface area contributed by atoms with Crippen molar-refractivity contribution in [3.63, 3.8) is 0 Å².